The quantitative estimate of drug-likeness (QED) is 0.333. The Kier molecular flexibility index (Phi) is 5.43. The van der Waals surface area contributed by atoms with Gasteiger partial charge >= 0.3 is 0 Å². The molecule has 0 saturated heterocycles. The molecule has 0 fully saturated rings. The van der Waals surface area contributed by atoms with E-state index >= 15 is 0 Å². The van der Waals surface area contributed by atoms with Crippen molar-refractivity contribution >= 4 is 26.2 Å². The van der Waals surface area contributed by atoms with Crippen LogP contribution in [0, 0.1) is 0 Å². The summed E-state index contributed by atoms with van der Waals surface area (Å²) in [6, 6.07) is 0. The average Bonchev–Trinajstić information content (AvgIpc) is 1.83. The Balaban J connectivity index is 3.21. The van der Waals surface area contributed by atoms with Crippen molar-refractivity contribution in [3.05, 3.63) is 0 Å². The monoisotopic (exact) mass is 150 g/mol. The van der Waals surface area contributed by atoms with E-state index < -0.39 is 8.83 Å². The van der Waals surface area contributed by atoms with Crippen LogP contribution in [0.15, 0.2) is 0 Å². The second kappa shape index (κ2) is 5.32. The maximum atomic E-state index is 10.1. The minimum Gasteiger partial charge on any atom is -0.303 e. The van der Waals surface area contributed by atoms with Crippen LogP contribution in [0.3, 0.4) is 0 Å². The summed E-state index contributed by atoms with van der Waals surface area (Å²) >= 11 is 5.55. The molecule has 0 bridgehead atoms. The van der Waals surface area contributed by atoms with Crippen LogP contribution in [0.1, 0.15) is 19.8 Å². The summed E-state index contributed by atoms with van der Waals surface area (Å²) in [7, 11) is -0.579. The summed E-state index contributed by atoms with van der Waals surface area (Å²) < 4.78 is 0. The predicted octanol–water partition coefficient (Wildman–Crippen LogP) is 1.10. The second-order valence-corrected chi connectivity index (χ2v) is 4.12. The van der Waals surface area contributed by atoms with E-state index in [-0.39, 0.29) is 5.54 Å². The molecule has 8 heavy (non-hydrogen) atoms. The minimum atomic E-state index is -0.579. The van der Waals surface area contributed by atoms with Gasteiger partial charge in [0, 0.05) is 5.54 Å². The average molecular weight is 151 g/mol. The Hall–Kier alpha value is 0.177. The van der Waals surface area contributed by atoms with Crippen molar-refractivity contribution in [1.82, 2.24) is 0 Å². The van der Waals surface area contributed by atoms with Crippen LogP contribution in [0.5, 0.6) is 0 Å². The van der Waals surface area contributed by atoms with E-state index in [1.165, 1.54) is 0 Å². The Morgan fingerprint density at radius 2 is 2.50 bits per heavy atom. The minimum absolute atomic E-state index is 0.224. The topological polar surface area (TPSA) is 17.1 Å². The lowest BCUT2D eigenvalue weighted by atomic mass is 10.3. The molecule has 0 aromatic carbocycles. The number of halogens is 1. The first kappa shape index (κ1) is 8.18. The highest BCUT2D eigenvalue weighted by Gasteiger charge is 2.02. The Morgan fingerprint density at radius 3 is 2.62 bits per heavy atom. The molecule has 0 saturated carbocycles. The zero-order valence-corrected chi connectivity index (χ0v) is 7.23. The molecule has 0 aromatic heterocycles. The van der Waals surface area contributed by atoms with Gasteiger partial charge in [-0.1, -0.05) is 13.3 Å². The fourth-order valence-corrected chi connectivity index (χ4v) is 1.87. The van der Waals surface area contributed by atoms with Crippen LogP contribution in [0.4, 0.5) is 0 Å². The SMILES string of the molecule is CCCC(C=O)[SiH2]Cl. The zero-order chi connectivity index (χ0) is 6.41. The van der Waals surface area contributed by atoms with Crippen molar-refractivity contribution in [2.45, 2.75) is 25.3 Å². The van der Waals surface area contributed by atoms with E-state index in [1.54, 1.807) is 0 Å². The van der Waals surface area contributed by atoms with Gasteiger partial charge in [0.1, 0.15) is 15.1 Å². The van der Waals surface area contributed by atoms with Crippen molar-refractivity contribution in [2.24, 2.45) is 0 Å². The van der Waals surface area contributed by atoms with Gasteiger partial charge in [0.05, 0.1) is 0 Å². The standard InChI is InChI=1S/C5H11ClOSi/c1-2-3-5(4-7)8-6/h4-5H,2-3,8H2,1H3. The lowest BCUT2D eigenvalue weighted by molar-refractivity contribution is -0.107. The Labute approximate surface area is 56.9 Å². The molecule has 1 atom stereocenters. The van der Waals surface area contributed by atoms with Crippen LogP contribution in [0.2, 0.25) is 5.54 Å². The summed E-state index contributed by atoms with van der Waals surface area (Å²) in [4.78, 5) is 10.1. The lowest BCUT2D eigenvalue weighted by Crippen LogP contribution is -1.97. The molecule has 0 heterocycles. The summed E-state index contributed by atoms with van der Waals surface area (Å²) in [5.74, 6) is 0. The molecule has 1 unspecified atom stereocenters. The first-order valence-electron chi connectivity index (χ1n) is 2.86. The molecule has 0 N–H and O–H groups in total. The molecule has 0 rings (SSSR count). The highest BCUT2D eigenvalue weighted by Crippen LogP contribution is 2.08. The van der Waals surface area contributed by atoms with Crippen LogP contribution in [-0.2, 0) is 4.79 Å². The van der Waals surface area contributed by atoms with Crippen molar-refractivity contribution in [3.8, 4) is 0 Å². The van der Waals surface area contributed by atoms with Gasteiger partial charge in [-0.05, 0) is 6.42 Å². The Bertz CT molecular complexity index is 67.4. The molecule has 0 spiro atoms. The third kappa shape index (κ3) is 3.21. The molecule has 0 radical (unpaired) electrons. The van der Waals surface area contributed by atoms with E-state index in [9.17, 15) is 4.79 Å². The van der Waals surface area contributed by atoms with Crippen molar-refractivity contribution in [2.75, 3.05) is 0 Å². The fraction of sp³-hybridized carbons (Fsp3) is 0.800. The van der Waals surface area contributed by atoms with Gasteiger partial charge in [-0.2, -0.15) is 11.1 Å². The molecule has 0 aromatic rings. The molecule has 0 amide bonds. The number of aldehydes is 1. The summed E-state index contributed by atoms with van der Waals surface area (Å²) in [6.45, 7) is 2.07. The summed E-state index contributed by atoms with van der Waals surface area (Å²) in [6.07, 6.45) is 3.05. The van der Waals surface area contributed by atoms with Crippen molar-refractivity contribution < 1.29 is 4.79 Å². The number of hydrogen-bond acceptors (Lipinski definition) is 1. The summed E-state index contributed by atoms with van der Waals surface area (Å²) in [5.41, 5.74) is 0.224. The van der Waals surface area contributed by atoms with Gasteiger partial charge in [0.25, 0.3) is 0 Å². The van der Waals surface area contributed by atoms with Crippen LogP contribution in [-0.4, -0.2) is 15.1 Å². The van der Waals surface area contributed by atoms with E-state index in [0.717, 1.165) is 19.1 Å². The molecule has 0 aliphatic rings. The molecular weight excluding hydrogens is 140 g/mol. The maximum Gasteiger partial charge on any atom is 0.135 e. The van der Waals surface area contributed by atoms with E-state index in [2.05, 4.69) is 6.92 Å². The molecule has 0 aliphatic heterocycles. The third-order valence-corrected chi connectivity index (χ3v) is 3.24. The van der Waals surface area contributed by atoms with Crippen molar-refractivity contribution in [1.29, 1.82) is 0 Å². The lowest BCUT2D eigenvalue weighted by Gasteiger charge is -1.98. The van der Waals surface area contributed by atoms with Gasteiger partial charge in [0.15, 0.2) is 0 Å². The molecule has 1 nitrogen and oxygen atoms in total. The first-order valence-corrected chi connectivity index (χ1v) is 5.81. The number of carbonyl (C=O) groups is 1. The van der Waals surface area contributed by atoms with E-state index in [0.29, 0.717) is 0 Å². The van der Waals surface area contributed by atoms with Gasteiger partial charge in [-0.15, -0.1) is 0 Å². The van der Waals surface area contributed by atoms with Crippen LogP contribution < -0.4 is 0 Å². The van der Waals surface area contributed by atoms with Gasteiger partial charge in [0.2, 0.25) is 0 Å². The molecule has 3 heteroatoms. The normalized spacial score (nSPS) is 14.8. The maximum absolute atomic E-state index is 10.1. The number of rotatable bonds is 4. The fourth-order valence-electron chi connectivity index (χ4n) is 0.552. The number of carbonyl (C=O) groups excluding carboxylic acids is 1. The summed E-state index contributed by atoms with van der Waals surface area (Å²) in [5, 5.41) is 0. The second-order valence-electron chi connectivity index (χ2n) is 1.84. The van der Waals surface area contributed by atoms with E-state index in [1.807, 2.05) is 0 Å². The molecule has 0 aliphatic carbocycles. The van der Waals surface area contributed by atoms with E-state index in [4.69, 9.17) is 11.1 Å². The smallest absolute Gasteiger partial charge is 0.135 e. The van der Waals surface area contributed by atoms with Crippen LogP contribution in [0.25, 0.3) is 0 Å². The van der Waals surface area contributed by atoms with Gasteiger partial charge in [-0.3, -0.25) is 0 Å². The third-order valence-electron chi connectivity index (χ3n) is 1.05. The molecule has 48 valence electrons. The van der Waals surface area contributed by atoms with Gasteiger partial charge < -0.3 is 4.79 Å². The largest absolute Gasteiger partial charge is 0.303 e. The highest BCUT2D eigenvalue weighted by molar-refractivity contribution is 6.95. The highest BCUT2D eigenvalue weighted by atomic mass is 35.6. The number of hydrogen-bond donors (Lipinski definition) is 0. The van der Waals surface area contributed by atoms with Gasteiger partial charge in [-0.25, -0.2) is 0 Å². The molecular formula is C5H11ClOSi. The zero-order valence-electron chi connectivity index (χ0n) is 5.06. The first-order chi connectivity index (χ1) is 3.85. The predicted molar refractivity (Wildman–Crippen MR) is 39.1 cm³/mol. The van der Waals surface area contributed by atoms with Crippen LogP contribution >= 0.6 is 11.1 Å². The Morgan fingerprint density at radius 1 is 1.88 bits per heavy atom. The van der Waals surface area contributed by atoms with Crippen molar-refractivity contribution in [3.63, 3.8) is 0 Å².